The fraction of sp³-hybridized carbons (Fsp3) is 0.733. The fourth-order valence-corrected chi connectivity index (χ4v) is 4.83. The zero-order valence-corrected chi connectivity index (χ0v) is 11.8. The highest BCUT2D eigenvalue weighted by Gasteiger charge is 2.83. The Kier molecular flexibility index (Phi) is 2.22. The summed E-state index contributed by atoms with van der Waals surface area (Å²) in [6, 6.07) is 4.59. The molecular weight excluding hydrogens is 268 g/mol. The van der Waals surface area contributed by atoms with Crippen molar-refractivity contribution in [3.63, 3.8) is 0 Å². The zero-order chi connectivity index (χ0) is 14.9. The smallest absolute Gasteiger partial charge is 0.218 e. The van der Waals surface area contributed by atoms with Gasteiger partial charge in [0, 0.05) is 6.42 Å². The summed E-state index contributed by atoms with van der Waals surface area (Å²) in [5.41, 5.74) is -2.47. The van der Waals surface area contributed by atoms with Gasteiger partial charge in [-0.1, -0.05) is 13.3 Å². The summed E-state index contributed by atoms with van der Waals surface area (Å²) in [5, 5.41) is 28.2. The first-order valence-corrected chi connectivity index (χ1v) is 7.49. The largest absolute Gasteiger partial charge is 0.447 e. The van der Waals surface area contributed by atoms with E-state index in [4.69, 9.17) is 14.9 Å². The minimum atomic E-state index is -1.25. The summed E-state index contributed by atoms with van der Waals surface area (Å²) >= 11 is 0. The molecule has 0 radical (unpaired) electrons. The lowest BCUT2D eigenvalue weighted by Crippen LogP contribution is -2.75. The summed E-state index contributed by atoms with van der Waals surface area (Å²) in [5.74, 6) is -0.923. The number of nitriles is 2. The maximum Gasteiger partial charge on any atom is 0.218 e. The van der Waals surface area contributed by atoms with Gasteiger partial charge in [0.25, 0.3) is 0 Å². The van der Waals surface area contributed by atoms with Crippen LogP contribution in [0.25, 0.3) is 0 Å². The molecule has 5 atom stereocenters. The van der Waals surface area contributed by atoms with Crippen molar-refractivity contribution in [1.82, 2.24) is 0 Å². The van der Waals surface area contributed by atoms with Gasteiger partial charge in [-0.2, -0.15) is 15.5 Å². The number of aliphatic imine (C=N–C) groups is 1. The van der Waals surface area contributed by atoms with Crippen LogP contribution in [0.4, 0.5) is 0 Å². The van der Waals surface area contributed by atoms with E-state index in [1.54, 1.807) is 0 Å². The highest BCUT2D eigenvalue weighted by molar-refractivity contribution is 6.12. The van der Waals surface area contributed by atoms with E-state index in [0.717, 1.165) is 19.3 Å². The van der Waals surface area contributed by atoms with Crippen LogP contribution in [-0.2, 0) is 9.47 Å². The molecule has 0 aromatic carbocycles. The predicted octanol–water partition coefficient (Wildman–Crippen LogP) is 2.12. The Bertz CT molecular complexity index is 660. The molecule has 0 aromatic heterocycles. The SMILES string of the molecule is CC[C@@H]1O[C@@]23CCCC[C@@H]2[C@@]2(C#N)C(=N)N=C(O3)[C@@]12C#N. The molecule has 4 aliphatic heterocycles. The number of fused-ring (bicyclic) bond motifs is 1. The lowest BCUT2D eigenvalue weighted by molar-refractivity contribution is -0.352. The monoisotopic (exact) mass is 284 g/mol. The Hall–Kier alpha value is -1.92. The van der Waals surface area contributed by atoms with E-state index in [2.05, 4.69) is 17.1 Å². The van der Waals surface area contributed by atoms with Gasteiger partial charge in [0.1, 0.15) is 5.84 Å². The molecule has 1 N–H and O–H groups in total. The second kappa shape index (κ2) is 3.64. The number of ether oxygens (including phenoxy) is 2. The molecule has 1 saturated carbocycles. The minimum Gasteiger partial charge on any atom is -0.447 e. The van der Waals surface area contributed by atoms with E-state index in [1.165, 1.54) is 0 Å². The van der Waals surface area contributed by atoms with Crippen molar-refractivity contribution in [3.8, 4) is 12.1 Å². The van der Waals surface area contributed by atoms with Crippen molar-refractivity contribution in [3.05, 3.63) is 0 Å². The van der Waals surface area contributed by atoms with Crippen LogP contribution in [0.1, 0.15) is 39.0 Å². The van der Waals surface area contributed by atoms with E-state index in [0.29, 0.717) is 12.8 Å². The van der Waals surface area contributed by atoms with Crippen molar-refractivity contribution in [2.24, 2.45) is 21.7 Å². The molecule has 5 rings (SSSR count). The topological polar surface area (TPSA) is 102 Å². The number of nitrogens with zero attached hydrogens (tertiary/aromatic N) is 3. The molecule has 6 nitrogen and oxygen atoms in total. The molecule has 4 heterocycles. The third kappa shape index (κ3) is 1.04. The van der Waals surface area contributed by atoms with E-state index in [9.17, 15) is 10.5 Å². The zero-order valence-electron chi connectivity index (χ0n) is 11.8. The lowest BCUT2D eigenvalue weighted by Gasteiger charge is -2.63. The molecule has 108 valence electrons. The first kappa shape index (κ1) is 12.8. The van der Waals surface area contributed by atoms with Crippen LogP contribution >= 0.6 is 0 Å². The van der Waals surface area contributed by atoms with Gasteiger partial charge in [0.2, 0.25) is 11.7 Å². The quantitative estimate of drug-likeness (QED) is 0.796. The highest BCUT2D eigenvalue weighted by Crippen LogP contribution is 2.69. The van der Waals surface area contributed by atoms with Crippen molar-refractivity contribution in [2.75, 3.05) is 0 Å². The maximum atomic E-state index is 9.98. The van der Waals surface area contributed by atoms with Crippen LogP contribution in [0.5, 0.6) is 0 Å². The molecule has 0 aromatic rings. The van der Waals surface area contributed by atoms with E-state index in [1.807, 2.05) is 6.92 Å². The van der Waals surface area contributed by atoms with Gasteiger partial charge in [-0.15, -0.1) is 0 Å². The molecule has 6 heteroatoms. The number of hydrogen-bond donors (Lipinski definition) is 1. The fourth-order valence-electron chi connectivity index (χ4n) is 4.83. The molecule has 0 amide bonds. The van der Waals surface area contributed by atoms with Crippen molar-refractivity contribution >= 4 is 11.7 Å². The van der Waals surface area contributed by atoms with Gasteiger partial charge >= 0.3 is 0 Å². The van der Waals surface area contributed by atoms with Gasteiger partial charge in [-0.25, -0.2) is 0 Å². The summed E-state index contributed by atoms with van der Waals surface area (Å²) in [6.45, 7) is 1.94. The summed E-state index contributed by atoms with van der Waals surface area (Å²) in [4.78, 5) is 4.19. The molecule has 3 saturated heterocycles. The number of nitrogens with one attached hydrogen (secondary N) is 1. The average Bonchev–Trinajstić information content (AvgIpc) is 2.71. The van der Waals surface area contributed by atoms with E-state index >= 15 is 0 Å². The molecule has 5 aliphatic rings. The normalized spacial score (nSPS) is 49.7. The second-order valence-corrected chi connectivity index (χ2v) is 6.33. The van der Waals surface area contributed by atoms with Crippen LogP contribution in [0.2, 0.25) is 0 Å². The molecule has 1 aliphatic carbocycles. The van der Waals surface area contributed by atoms with Crippen molar-refractivity contribution < 1.29 is 9.47 Å². The Morgan fingerprint density at radius 2 is 2.10 bits per heavy atom. The summed E-state index contributed by atoms with van der Waals surface area (Å²) in [6.07, 6.45) is 3.52. The first-order chi connectivity index (χ1) is 10.1. The van der Waals surface area contributed by atoms with Gasteiger partial charge in [0.15, 0.2) is 10.8 Å². The predicted molar refractivity (Wildman–Crippen MR) is 72.2 cm³/mol. The Labute approximate surface area is 122 Å². The van der Waals surface area contributed by atoms with Crippen LogP contribution in [0, 0.1) is 44.8 Å². The Balaban J connectivity index is 2.04. The Morgan fingerprint density at radius 3 is 2.76 bits per heavy atom. The number of rotatable bonds is 1. The van der Waals surface area contributed by atoms with Crippen molar-refractivity contribution in [2.45, 2.75) is 50.9 Å². The molecule has 4 bridgehead atoms. The maximum absolute atomic E-state index is 9.98. The third-order valence-corrected chi connectivity index (χ3v) is 5.69. The van der Waals surface area contributed by atoms with Gasteiger partial charge < -0.3 is 9.47 Å². The molecular formula is C15H16N4O2. The van der Waals surface area contributed by atoms with Gasteiger partial charge in [-0.3, -0.25) is 5.41 Å². The highest BCUT2D eigenvalue weighted by atomic mass is 16.7. The average molecular weight is 284 g/mol. The Morgan fingerprint density at radius 1 is 1.33 bits per heavy atom. The van der Waals surface area contributed by atoms with Crippen molar-refractivity contribution in [1.29, 1.82) is 15.9 Å². The summed E-state index contributed by atoms with van der Waals surface area (Å²) < 4.78 is 12.2. The number of hydrogen-bond acceptors (Lipinski definition) is 5. The third-order valence-electron chi connectivity index (χ3n) is 5.69. The standard InChI is InChI=1S/C15H16N4O2/c1-2-10-14(8-17)12-19-11(18)13(14,7-16)9-5-3-4-6-15(9,20-10)21-12/h9-10,18H,2-6H2,1H3/t9-,10+,13+,14-,15-/m1/s1. The summed E-state index contributed by atoms with van der Waals surface area (Å²) in [7, 11) is 0. The number of amidine groups is 1. The van der Waals surface area contributed by atoms with Crippen LogP contribution in [-0.4, -0.2) is 23.6 Å². The minimum absolute atomic E-state index is 0.0166. The van der Waals surface area contributed by atoms with Crippen LogP contribution in [0.15, 0.2) is 4.99 Å². The molecule has 21 heavy (non-hydrogen) atoms. The van der Waals surface area contributed by atoms with Crippen LogP contribution < -0.4 is 0 Å². The molecule has 1 spiro atoms. The molecule has 0 unspecified atom stereocenters. The molecule has 4 fully saturated rings. The lowest BCUT2D eigenvalue weighted by atomic mass is 9.49. The van der Waals surface area contributed by atoms with Gasteiger partial charge in [-0.05, 0) is 19.3 Å². The second-order valence-electron chi connectivity index (χ2n) is 6.33. The van der Waals surface area contributed by atoms with E-state index < -0.39 is 22.7 Å². The van der Waals surface area contributed by atoms with E-state index in [-0.39, 0.29) is 17.7 Å². The van der Waals surface area contributed by atoms with Crippen LogP contribution in [0.3, 0.4) is 0 Å². The first-order valence-electron chi connectivity index (χ1n) is 7.49. The van der Waals surface area contributed by atoms with Gasteiger partial charge in [0.05, 0.1) is 24.2 Å².